The number of fused-ring (bicyclic) bond motifs is 1. The maximum atomic E-state index is 10.1. The highest BCUT2D eigenvalue weighted by Gasteiger charge is 2.08. The van der Waals surface area contributed by atoms with E-state index in [2.05, 4.69) is 39.0 Å². The first kappa shape index (κ1) is 17.8. The van der Waals surface area contributed by atoms with Gasteiger partial charge in [-0.1, -0.05) is 24.3 Å². The fourth-order valence-corrected chi connectivity index (χ4v) is 3.17. The van der Waals surface area contributed by atoms with Gasteiger partial charge in [0.05, 0.1) is 11.3 Å². The molecule has 140 valence electrons. The van der Waals surface area contributed by atoms with Gasteiger partial charge < -0.3 is 15.0 Å². The molecule has 0 saturated heterocycles. The number of aliphatic imine (C=N–C) groups is 1. The second-order valence-electron chi connectivity index (χ2n) is 6.70. The van der Waals surface area contributed by atoms with Crippen molar-refractivity contribution < 1.29 is 5.11 Å². The number of aromatic amines is 1. The van der Waals surface area contributed by atoms with Crippen LogP contribution in [0, 0.1) is 0 Å². The Hall–Kier alpha value is -3.60. The molecule has 2 heterocycles. The molecule has 2 aromatic heterocycles. The van der Waals surface area contributed by atoms with Crippen LogP contribution in [0.15, 0.2) is 77.9 Å². The molecular formula is C23H22N4O. The molecule has 4 rings (SSSR count). The lowest BCUT2D eigenvalue weighted by molar-refractivity contribution is 0.457. The molecule has 2 N–H and O–H groups in total. The summed E-state index contributed by atoms with van der Waals surface area (Å²) in [6, 6.07) is 21.8. The summed E-state index contributed by atoms with van der Waals surface area (Å²) >= 11 is 0. The van der Waals surface area contributed by atoms with E-state index in [4.69, 9.17) is 0 Å². The Morgan fingerprint density at radius 3 is 2.61 bits per heavy atom. The normalized spacial score (nSPS) is 11.3. The molecule has 5 nitrogen and oxygen atoms in total. The first-order valence-corrected chi connectivity index (χ1v) is 9.25. The minimum absolute atomic E-state index is 0.135. The summed E-state index contributed by atoms with van der Waals surface area (Å²) in [4.78, 5) is 14.1. The Kier molecular flexibility index (Phi) is 5.06. The van der Waals surface area contributed by atoms with Crippen LogP contribution in [0.4, 0.5) is 11.4 Å². The SMILES string of the molecule is CN(CCc1ccccn1)c1ccc(N=Cc2c(O)[nH]c3ccccc23)cc1. The van der Waals surface area contributed by atoms with E-state index in [1.54, 1.807) is 6.21 Å². The average Bonchev–Trinajstić information content (AvgIpc) is 3.06. The van der Waals surface area contributed by atoms with Crippen molar-refractivity contribution in [2.24, 2.45) is 4.99 Å². The lowest BCUT2D eigenvalue weighted by Crippen LogP contribution is -2.20. The minimum atomic E-state index is 0.135. The maximum Gasteiger partial charge on any atom is 0.198 e. The molecule has 5 heteroatoms. The highest BCUT2D eigenvalue weighted by Crippen LogP contribution is 2.26. The summed E-state index contributed by atoms with van der Waals surface area (Å²) < 4.78 is 0. The van der Waals surface area contributed by atoms with Crippen molar-refractivity contribution in [1.82, 2.24) is 9.97 Å². The molecule has 0 aliphatic rings. The Bertz CT molecular complexity index is 1080. The number of hydrogen-bond acceptors (Lipinski definition) is 4. The molecule has 0 spiro atoms. The predicted octanol–water partition coefficient (Wildman–Crippen LogP) is 4.70. The molecular weight excluding hydrogens is 348 g/mol. The van der Waals surface area contributed by atoms with Crippen LogP contribution in [0.25, 0.3) is 10.9 Å². The van der Waals surface area contributed by atoms with E-state index in [0.717, 1.165) is 40.9 Å². The zero-order valence-corrected chi connectivity index (χ0v) is 15.7. The van der Waals surface area contributed by atoms with Gasteiger partial charge in [-0.05, 0) is 42.5 Å². The molecule has 0 radical (unpaired) electrons. The van der Waals surface area contributed by atoms with Crippen molar-refractivity contribution in [3.05, 3.63) is 84.2 Å². The number of nitrogens with one attached hydrogen (secondary N) is 1. The maximum absolute atomic E-state index is 10.1. The van der Waals surface area contributed by atoms with Crippen LogP contribution < -0.4 is 4.90 Å². The summed E-state index contributed by atoms with van der Waals surface area (Å²) in [5.41, 5.74) is 4.66. The van der Waals surface area contributed by atoms with Crippen molar-refractivity contribution >= 4 is 28.5 Å². The Morgan fingerprint density at radius 1 is 1.04 bits per heavy atom. The number of rotatable bonds is 6. The van der Waals surface area contributed by atoms with E-state index < -0.39 is 0 Å². The van der Waals surface area contributed by atoms with Crippen LogP contribution in [0.3, 0.4) is 0 Å². The van der Waals surface area contributed by atoms with Gasteiger partial charge in [-0.3, -0.25) is 9.98 Å². The molecule has 0 saturated carbocycles. The van der Waals surface area contributed by atoms with Gasteiger partial charge in [0.2, 0.25) is 0 Å². The number of nitrogens with zero attached hydrogens (tertiary/aromatic N) is 3. The van der Waals surface area contributed by atoms with Crippen LogP contribution in [0.2, 0.25) is 0 Å². The Labute approximate surface area is 164 Å². The summed E-state index contributed by atoms with van der Waals surface area (Å²) in [6.45, 7) is 0.892. The first-order chi connectivity index (χ1) is 13.7. The molecule has 0 aliphatic carbocycles. The third kappa shape index (κ3) is 3.88. The topological polar surface area (TPSA) is 64.5 Å². The lowest BCUT2D eigenvalue weighted by Gasteiger charge is -2.19. The summed E-state index contributed by atoms with van der Waals surface area (Å²) in [7, 11) is 2.07. The second kappa shape index (κ2) is 7.96. The highest BCUT2D eigenvalue weighted by atomic mass is 16.3. The van der Waals surface area contributed by atoms with Gasteiger partial charge in [-0.15, -0.1) is 0 Å². The number of likely N-dealkylation sites (N-methyl/N-ethyl adjacent to an activating group) is 1. The predicted molar refractivity (Wildman–Crippen MR) is 115 cm³/mol. The van der Waals surface area contributed by atoms with Crippen LogP contribution in [0.5, 0.6) is 5.88 Å². The molecule has 2 aromatic carbocycles. The van der Waals surface area contributed by atoms with Gasteiger partial charge in [-0.2, -0.15) is 0 Å². The number of aromatic nitrogens is 2. The quantitative estimate of drug-likeness (QED) is 0.484. The van der Waals surface area contributed by atoms with Crippen molar-refractivity contribution in [1.29, 1.82) is 0 Å². The second-order valence-corrected chi connectivity index (χ2v) is 6.70. The summed E-state index contributed by atoms with van der Waals surface area (Å²) in [6.07, 6.45) is 4.43. The molecule has 0 unspecified atom stereocenters. The zero-order valence-electron chi connectivity index (χ0n) is 15.7. The third-order valence-corrected chi connectivity index (χ3v) is 4.79. The van der Waals surface area contributed by atoms with Crippen molar-refractivity contribution in [3.63, 3.8) is 0 Å². The smallest absolute Gasteiger partial charge is 0.198 e. The van der Waals surface area contributed by atoms with Gasteiger partial charge in [0.15, 0.2) is 5.88 Å². The number of pyridine rings is 1. The molecule has 0 bridgehead atoms. The first-order valence-electron chi connectivity index (χ1n) is 9.25. The molecule has 0 fully saturated rings. The van der Waals surface area contributed by atoms with E-state index >= 15 is 0 Å². The highest BCUT2D eigenvalue weighted by molar-refractivity contribution is 6.02. The van der Waals surface area contributed by atoms with Gasteiger partial charge >= 0.3 is 0 Å². The van der Waals surface area contributed by atoms with Crippen molar-refractivity contribution in [2.75, 3.05) is 18.5 Å². The summed E-state index contributed by atoms with van der Waals surface area (Å²) in [5, 5.41) is 11.1. The van der Waals surface area contributed by atoms with E-state index in [-0.39, 0.29) is 5.88 Å². The zero-order chi connectivity index (χ0) is 19.3. The molecule has 0 atom stereocenters. The van der Waals surface area contributed by atoms with Crippen LogP contribution in [-0.2, 0) is 6.42 Å². The van der Waals surface area contributed by atoms with Crippen LogP contribution in [-0.4, -0.2) is 34.9 Å². The van der Waals surface area contributed by atoms with Gasteiger partial charge in [0, 0.05) is 54.7 Å². The standard InChI is InChI=1S/C23H22N4O/c1-27(15-13-17-6-4-5-14-24-17)19-11-9-18(10-12-19)25-16-21-20-7-2-3-8-22(20)26-23(21)28/h2-12,14,16,26,28H,13,15H2,1H3. The fourth-order valence-electron chi connectivity index (χ4n) is 3.17. The number of benzene rings is 2. The molecule has 28 heavy (non-hydrogen) atoms. The number of aromatic hydroxyl groups is 1. The fraction of sp³-hybridized carbons (Fsp3) is 0.130. The van der Waals surface area contributed by atoms with Gasteiger partial charge in [-0.25, -0.2) is 0 Å². The van der Waals surface area contributed by atoms with E-state index in [1.807, 2.05) is 60.8 Å². The number of hydrogen-bond donors (Lipinski definition) is 2. The van der Waals surface area contributed by atoms with Crippen LogP contribution >= 0.6 is 0 Å². The largest absolute Gasteiger partial charge is 0.494 e. The van der Waals surface area contributed by atoms with Gasteiger partial charge in [0.25, 0.3) is 0 Å². The van der Waals surface area contributed by atoms with E-state index in [9.17, 15) is 5.11 Å². The van der Waals surface area contributed by atoms with Crippen LogP contribution in [0.1, 0.15) is 11.3 Å². The molecule has 4 aromatic rings. The molecule has 0 amide bonds. The molecule has 0 aliphatic heterocycles. The summed E-state index contributed by atoms with van der Waals surface area (Å²) in [5.74, 6) is 0.135. The Balaban J connectivity index is 1.44. The van der Waals surface area contributed by atoms with Crippen molar-refractivity contribution in [2.45, 2.75) is 6.42 Å². The van der Waals surface area contributed by atoms with E-state index in [1.165, 1.54) is 0 Å². The Morgan fingerprint density at radius 2 is 1.82 bits per heavy atom. The average molecular weight is 370 g/mol. The lowest BCUT2D eigenvalue weighted by atomic mass is 10.2. The van der Waals surface area contributed by atoms with E-state index in [0.29, 0.717) is 5.56 Å². The van der Waals surface area contributed by atoms with Gasteiger partial charge in [0.1, 0.15) is 0 Å². The number of H-pyrrole nitrogens is 1. The number of anilines is 1. The number of para-hydroxylation sites is 1. The third-order valence-electron chi connectivity index (χ3n) is 4.79. The van der Waals surface area contributed by atoms with Crippen molar-refractivity contribution in [3.8, 4) is 5.88 Å². The monoisotopic (exact) mass is 370 g/mol. The minimum Gasteiger partial charge on any atom is -0.494 e.